The molecule has 6 nitrogen and oxygen atoms in total. The largest absolute Gasteiger partial charge is 0.333 e. The molecule has 1 amide bonds. The molecule has 0 bridgehead atoms. The molecule has 0 spiro atoms. The molecule has 1 unspecified atom stereocenters. The standard InChI is InChI=1S/C18H22BrN3O3S/c1-2-3-9-21(16-8-11-26(24,25)13-16)18(23)17-7-10-22(20-17)15-6-4-5-14(19)12-15/h4-7,10,12,16H,2-3,8-9,11,13H2,1H3. The third-order valence-corrected chi connectivity index (χ3v) is 6.79. The summed E-state index contributed by atoms with van der Waals surface area (Å²) in [6.07, 6.45) is 4.03. The van der Waals surface area contributed by atoms with E-state index >= 15 is 0 Å². The summed E-state index contributed by atoms with van der Waals surface area (Å²) >= 11 is 3.43. The second-order valence-electron chi connectivity index (χ2n) is 6.53. The van der Waals surface area contributed by atoms with Crippen molar-refractivity contribution in [3.8, 4) is 5.69 Å². The van der Waals surface area contributed by atoms with E-state index in [0.29, 0.717) is 18.7 Å². The maximum absolute atomic E-state index is 13.0. The Morgan fingerprint density at radius 2 is 2.19 bits per heavy atom. The number of carbonyl (C=O) groups excluding carboxylic acids is 1. The highest BCUT2D eigenvalue weighted by Crippen LogP contribution is 2.21. The van der Waals surface area contributed by atoms with Gasteiger partial charge in [-0.25, -0.2) is 13.1 Å². The molecular formula is C18H22BrN3O3S. The number of hydrogen-bond acceptors (Lipinski definition) is 4. The molecule has 26 heavy (non-hydrogen) atoms. The van der Waals surface area contributed by atoms with Crippen molar-refractivity contribution in [1.29, 1.82) is 0 Å². The first-order valence-electron chi connectivity index (χ1n) is 8.72. The molecule has 140 valence electrons. The Balaban J connectivity index is 1.83. The lowest BCUT2D eigenvalue weighted by atomic mass is 10.2. The molecule has 1 aliphatic rings. The highest BCUT2D eigenvalue weighted by atomic mass is 79.9. The number of benzene rings is 1. The van der Waals surface area contributed by atoms with Crippen LogP contribution < -0.4 is 0 Å². The summed E-state index contributed by atoms with van der Waals surface area (Å²) < 4.78 is 26.3. The second kappa shape index (κ2) is 7.92. The van der Waals surface area contributed by atoms with Gasteiger partial charge < -0.3 is 4.90 Å². The maximum Gasteiger partial charge on any atom is 0.274 e. The predicted octanol–water partition coefficient (Wildman–Crippen LogP) is 3.06. The summed E-state index contributed by atoms with van der Waals surface area (Å²) in [6.45, 7) is 2.61. The molecule has 0 radical (unpaired) electrons. The summed E-state index contributed by atoms with van der Waals surface area (Å²) in [6, 6.07) is 9.08. The number of aromatic nitrogens is 2. The van der Waals surface area contributed by atoms with Crippen LogP contribution in [0, 0.1) is 0 Å². The first-order valence-corrected chi connectivity index (χ1v) is 11.3. The summed E-state index contributed by atoms with van der Waals surface area (Å²) in [5.74, 6) is 0.00350. The Morgan fingerprint density at radius 1 is 1.38 bits per heavy atom. The van der Waals surface area contributed by atoms with Crippen LogP contribution in [0.2, 0.25) is 0 Å². The molecule has 8 heteroatoms. The number of nitrogens with zero attached hydrogens (tertiary/aromatic N) is 3. The lowest BCUT2D eigenvalue weighted by Gasteiger charge is -2.27. The molecule has 3 rings (SSSR count). The number of carbonyl (C=O) groups is 1. The van der Waals surface area contributed by atoms with Crippen LogP contribution in [0.25, 0.3) is 5.69 Å². The molecule has 0 N–H and O–H groups in total. The average Bonchev–Trinajstić information content (AvgIpc) is 3.22. The van der Waals surface area contributed by atoms with E-state index in [1.54, 1.807) is 21.8 Å². The molecular weight excluding hydrogens is 418 g/mol. The average molecular weight is 440 g/mol. The fourth-order valence-electron chi connectivity index (χ4n) is 3.15. The van der Waals surface area contributed by atoms with Gasteiger partial charge in [0, 0.05) is 23.3 Å². The van der Waals surface area contributed by atoms with Gasteiger partial charge in [-0.1, -0.05) is 35.3 Å². The Morgan fingerprint density at radius 3 is 2.85 bits per heavy atom. The molecule has 1 saturated heterocycles. The first-order chi connectivity index (χ1) is 12.4. The zero-order valence-corrected chi connectivity index (χ0v) is 17.0. The van der Waals surface area contributed by atoms with Gasteiger partial charge in [0.15, 0.2) is 15.5 Å². The topological polar surface area (TPSA) is 72.3 Å². The van der Waals surface area contributed by atoms with E-state index in [1.165, 1.54) is 0 Å². The van der Waals surface area contributed by atoms with Crippen LogP contribution in [-0.4, -0.2) is 53.1 Å². The zero-order valence-electron chi connectivity index (χ0n) is 14.6. The van der Waals surface area contributed by atoms with Crippen molar-refractivity contribution < 1.29 is 13.2 Å². The van der Waals surface area contributed by atoms with Crippen LogP contribution >= 0.6 is 15.9 Å². The van der Waals surface area contributed by atoms with Crippen molar-refractivity contribution in [3.63, 3.8) is 0 Å². The predicted molar refractivity (Wildman–Crippen MR) is 104 cm³/mol. The summed E-state index contributed by atoms with van der Waals surface area (Å²) in [7, 11) is -3.05. The van der Waals surface area contributed by atoms with Crippen molar-refractivity contribution in [3.05, 3.63) is 46.7 Å². The van der Waals surface area contributed by atoms with Crippen LogP contribution in [0.4, 0.5) is 0 Å². The fourth-order valence-corrected chi connectivity index (χ4v) is 5.27. The van der Waals surface area contributed by atoms with Gasteiger partial charge in [0.25, 0.3) is 5.91 Å². The number of hydrogen-bond donors (Lipinski definition) is 0. The number of sulfone groups is 1. The molecule has 0 aliphatic carbocycles. The molecule has 1 atom stereocenters. The quantitative estimate of drug-likeness (QED) is 0.692. The SMILES string of the molecule is CCCCN(C(=O)c1ccn(-c2cccc(Br)c2)n1)C1CCS(=O)(=O)C1. The molecule has 1 fully saturated rings. The van der Waals surface area contributed by atoms with Gasteiger partial charge in [-0.3, -0.25) is 4.79 Å². The smallest absolute Gasteiger partial charge is 0.274 e. The van der Waals surface area contributed by atoms with Crippen LogP contribution in [0.1, 0.15) is 36.7 Å². The summed E-state index contributed by atoms with van der Waals surface area (Å²) in [5, 5.41) is 4.41. The van der Waals surface area contributed by atoms with Gasteiger partial charge >= 0.3 is 0 Å². The highest BCUT2D eigenvalue weighted by molar-refractivity contribution is 9.10. The lowest BCUT2D eigenvalue weighted by Crippen LogP contribution is -2.42. The zero-order chi connectivity index (χ0) is 18.7. The van der Waals surface area contributed by atoms with Crippen LogP contribution in [0.3, 0.4) is 0 Å². The minimum atomic E-state index is -3.05. The molecule has 2 aromatic rings. The van der Waals surface area contributed by atoms with E-state index in [9.17, 15) is 13.2 Å². The minimum Gasteiger partial charge on any atom is -0.333 e. The number of halogens is 1. The van der Waals surface area contributed by atoms with E-state index in [1.807, 2.05) is 24.3 Å². The number of amides is 1. The van der Waals surface area contributed by atoms with Crippen molar-refractivity contribution in [2.75, 3.05) is 18.1 Å². The van der Waals surface area contributed by atoms with Gasteiger partial charge in [0.05, 0.1) is 17.2 Å². The van der Waals surface area contributed by atoms with Crippen LogP contribution in [-0.2, 0) is 9.84 Å². The van der Waals surface area contributed by atoms with E-state index < -0.39 is 9.84 Å². The summed E-state index contributed by atoms with van der Waals surface area (Å²) in [5.41, 5.74) is 1.19. The fraction of sp³-hybridized carbons (Fsp3) is 0.444. The molecule has 1 aliphatic heterocycles. The van der Waals surface area contributed by atoms with Gasteiger partial charge in [-0.2, -0.15) is 5.10 Å². The Kier molecular flexibility index (Phi) is 5.82. The highest BCUT2D eigenvalue weighted by Gasteiger charge is 2.35. The van der Waals surface area contributed by atoms with Gasteiger partial charge in [-0.05, 0) is 37.1 Å². The number of unbranched alkanes of at least 4 members (excludes halogenated alkanes) is 1. The van der Waals surface area contributed by atoms with Gasteiger partial charge in [0.2, 0.25) is 0 Å². The lowest BCUT2D eigenvalue weighted by molar-refractivity contribution is 0.0687. The molecule has 1 aromatic heterocycles. The first kappa shape index (κ1) is 19.1. The van der Waals surface area contributed by atoms with Crippen LogP contribution in [0.5, 0.6) is 0 Å². The second-order valence-corrected chi connectivity index (χ2v) is 9.68. The monoisotopic (exact) mass is 439 g/mol. The summed E-state index contributed by atoms with van der Waals surface area (Å²) in [4.78, 5) is 14.7. The van der Waals surface area contributed by atoms with E-state index in [4.69, 9.17) is 0 Å². The Bertz CT molecular complexity index is 895. The third kappa shape index (κ3) is 4.35. The molecule has 2 heterocycles. The van der Waals surface area contributed by atoms with Gasteiger partial charge in [-0.15, -0.1) is 0 Å². The van der Waals surface area contributed by atoms with Gasteiger partial charge in [0.1, 0.15) is 0 Å². The Labute approximate surface area is 162 Å². The molecule has 1 aromatic carbocycles. The van der Waals surface area contributed by atoms with E-state index in [-0.39, 0.29) is 23.5 Å². The molecule has 0 saturated carbocycles. The minimum absolute atomic E-state index is 0.0504. The number of rotatable bonds is 6. The van der Waals surface area contributed by atoms with Crippen molar-refractivity contribution >= 4 is 31.7 Å². The third-order valence-electron chi connectivity index (χ3n) is 4.54. The van der Waals surface area contributed by atoms with E-state index in [2.05, 4.69) is 28.0 Å². The Hall–Kier alpha value is -1.67. The van der Waals surface area contributed by atoms with Crippen molar-refractivity contribution in [2.45, 2.75) is 32.2 Å². The maximum atomic E-state index is 13.0. The van der Waals surface area contributed by atoms with Crippen molar-refractivity contribution in [1.82, 2.24) is 14.7 Å². The normalized spacial score (nSPS) is 18.8. The van der Waals surface area contributed by atoms with E-state index in [0.717, 1.165) is 23.0 Å². The van der Waals surface area contributed by atoms with Crippen molar-refractivity contribution in [2.24, 2.45) is 0 Å². The van der Waals surface area contributed by atoms with Crippen LogP contribution in [0.15, 0.2) is 41.0 Å².